The summed E-state index contributed by atoms with van der Waals surface area (Å²) in [6.07, 6.45) is 6.00. The van der Waals surface area contributed by atoms with Crippen molar-refractivity contribution in [3.8, 4) is 0 Å². The Kier molecular flexibility index (Phi) is 3.03. The van der Waals surface area contributed by atoms with Crippen molar-refractivity contribution < 1.29 is 9.72 Å². The summed E-state index contributed by atoms with van der Waals surface area (Å²) in [5.74, 6) is 0.498. The van der Waals surface area contributed by atoms with E-state index in [-0.39, 0.29) is 22.5 Å². The van der Waals surface area contributed by atoms with Crippen LogP contribution in [0.4, 0.5) is 0 Å². The minimum Gasteiger partial charge on any atom is -0.299 e. The third-order valence-corrected chi connectivity index (χ3v) is 3.64. The molecule has 2 fully saturated rings. The van der Waals surface area contributed by atoms with E-state index in [0.717, 1.165) is 32.1 Å². The normalized spacial score (nSPS) is 28.8. The highest BCUT2D eigenvalue weighted by molar-refractivity contribution is 5.81. The predicted octanol–water partition coefficient (Wildman–Crippen LogP) is 2.19. The zero-order valence-electron chi connectivity index (χ0n) is 8.85. The fraction of sp³-hybridized carbons (Fsp3) is 0.909. The fourth-order valence-corrected chi connectivity index (χ4v) is 2.53. The van der Waals surface area contributed by atoms with Crippen LogP contribution in [-0.2, 0) is 4.79 Å². The molecule has 0 heterocycles. The van der Waals surface area contributed by atoms with Gasteiger partial charge < -0.3 is 0 Å². The summed E-state index contributed by atoms with van der Waals surface area (Å²) in [6.45, 7) is 0. The number of nitrogens with zero attached hydrogens (tertiary/aromatic N) is 1. The van der Waals surface area contributed by atoms with Crippen molar-refractivity contribution in [1.82, 2.24) is 0 Å². The second kappa shape index (κ2) is 4.29. The maximum absolute atomic E-state index is 11.6. The summed E-state index contributed by atoms with van der Waals surface area (Å²) in [4.78, 5) is 22.3. The lowest BCUT2D eigenvalue weighted by molar-refractivity contribution is -0.529. The predicted molar refractivity (Wildman–Crippen MR) is 55.1 cm³/mol. The molecule has 0 amide bonds. The minimum absolute atomic E-state index is 0.0188. The van der Waals surface area contributed by atoms with Gasteiger partial charge in [-0.3, -0.25) is 14.9 Å². The van der Waals surface area contributed by atoms with Gasteiger partial charge in [-0.2, -0.15) is 0 Å². The Morgan fingerprint density at radius 2 is 2.07 bits per heavy atom. The van der Waals surface area contributed by atoms with Crippen molar-refractivity contribution in [2.75, 3.05) is 0 Å². The molecule has 2 rings (SSSR count). The molecule has 0 N–H and O–H groups in total. The van der Waals surface area contributed by atoms with Gasteiger partial charge in [-0.1, -0.05) is 6.42 Å². The van der Waals surface area contributed by atoms with Gasteiger partial charge in [-0.25, -0.2) is 0 Å². The van der Waals surface area contributed by atoms with Crippen molar-refractivity contribution in [3.05, 3.63) is 10.1 Å². The number of carbonyl (C=O) groups is 1. The highest BCUT2D eigenvalue weighted by Crippen LogP contribution is 2.38. The van der Waals surface area contributed by atoms with Crippen LogP contribution < -0.4 is 0 Å². The van der Waals surface area contributed by atoms with Crippen molar-refractivity contribution in [2.45, 2.75) is 51.0 Å². The number of rotatable bonds is 4. The highest BCUT2D eigenvalue weighted by atomic mass is 16.6. The monoisotopic (exact) mass is 211 g/mol. The van der Waals surface area contributed by atoms with Crippen LogP contribution in [-0.4, -0.2) is 16.7 Å². The third-order valence-electron chi connectivity index (χ3n) is 3.64. The molecule has 84 valence electrons. The lowest BCUT2D eigenvalue weighted by Gasteiger charge is -2.21. The molecule has 2 saturated carbocycles. The van der Waals surface area contributed by atoms with E-state index in [1.807, 2.05) is 0 Å². The SMILES string of the molecule is O=C1CCCCC1CC(C1CC1)[N+](=O)[O-]. The molecule has 0 aromatic rings. The zero-order chi connectivity index (χ0) is 10.8. The number of Topliss-reactive ketones (excluding diaryl/α,β-unsaturated/α-hetero) is 1. The first-order chi connectivity index (χ1) is 7.18. The van der Waals surface area contributed by atoms with Crippen LogP contribution in [0.15, 0.2) is 0 Å². The molecule has 0 spiro atoms. The molecule has 0 aromatic carbocycles. The van der Waals surface area contributed by atoms with E-state index in [9.17, 15) is 14.9 Å². The number of hydrogen-bond acceptors (Lipinski definition) is 3. The Bertz CT molecular complexity index is 273. The van der Waals surface area contributed by atoms with Gasteiger partial charge >= 0.3 is 0 Å². The summed E-state index contributed by atoms with van der Waals surface area (Å²) >= 11 is 0. The van der Waals surface area contributed by atoms with Crippen LogP contribution in [0.3, 0.4) is 0 Å². The van der Waals surface area contributed by atoms with Crippen molar-refractivity contribution >= 4 is 5.78 Å². The van der Waals surface area contributed by atoms with Gasteiger partial charge in [0.25, 0.3) is 0 Å². The lowest BCUT2D eigenvalue weighted by Crippen LogP contribution is -2.30. The number of ketones is 1. The number of nitro groups is 1. The summed E-state index contributed by atoms with van der Waals surface area (Å²) in [6, 6.07) is -0.447. The van der Waals surface area contributed by atoms with Crippen LogP contribution in [0, 0.1) is 22.0 Å². The van der Waals surface area contributed by atoms with E-state index < -0.39 is 6.04 Å². The topological polar surface area (TPSA) is 60.2 Å². The summed E-state index contributed by atoms with van der Waals surface area (Å²) < 4.78 is 0. The van der Waals surface area contributed by atoms with Gasteiger partial charge in [0.2, 0.25) is 6.04 Å². The number of carbonyl (C=O) groups excluding carboxylic acids is 1. The van der Waals surface area contributed by atoms with Crippen molar-refractivity contribution in [3.63, 3.8) is 0 Å². The van der Waals surface area contributed by atoms with Crippen LogP contribution in [0.2, 0.25) is 0 Å². The molecule has 2 atom stereocenters. The van der Waals surface area contributed by atoms with E-state index in [0.29, 0.717) is 12.8 Å². The maximum Gasteiger partial charge on any atom is 0.216 e. The summed E-state index contributed by atoms with van der Waals surface area (Å²) in [5.41, 5.74) is 0. The second-order valence-corrected chi connectivity index (χ2v) is 4.83. The van der Waals surface area contributed by atoms with E-state index in [1.165, 1.54) is 0 Å². The van der Waals surface area contributed by atoms with E-state index >= 15 is 0 Å². The van der Waals surface area contributed by atoms with Crippen LogP contribution in [0.5, 0.6) is 0 Å². The molecule has 0 aromatic heterocycles. The maximum atomic E-state index is 11.6. The molecule has 2 aliphatic rings. The zero-order valence-corrected chi connectivity index (χ0v) is 8.85. The molecule has 4 heteroatoms. The molecule has 0 radical (unpaired) electrons. The molecule has 0 aliphatic heterocycles. The van der Waals surface area contributed by atoms with Crippen LogP contribution in [0.25, 0.3) is 0 Å². The average molecular weight is 211 g/mol. The fourth-order valence-electron chi connectivity index (χ4n) is 2.53. The molecule has 0 bridgehead atoms. The van der Waals surface area contributed by atoms with Gasteiger partial charge in [0.1, 0.15) is 5.78 Å². The Labute approximate surface area is 89.2 Å². The van der Waals surface area contributed by atoms with Gasteiger partial charge in [0, 0.05) is 29.6 Å². The Morgan fingerprint density at radius 1 is 1.33 bits per heavy atom. The van der Waals surface area contributed by atoms with E-state index in [2.05, 4.69) is 0 Å². The molecule has 2 aliphatic carbocycles. The summed E-state index contributed by atoms with van der Waals surface area (Å²) in [5, 5.41) is 10.9. The van der Waals surface area contributed by atoms with Crippen molar-refractivity contribution in [2.24, 2.45) is 11.8 Å². The Balaban J connectivity index is 1.92. The smallest absolute Gasteiger partial charge is 0.216 e. The standard InChI is InChI=1S/C11H17NO3/c13-11-4-2-1-3-9(11)7-10(12(14)15)8-5-6-8/h8-10H,1-7H2. The van der Waals surface area contributed by atoms with Gasteiger partial charge in [-0.15, -0.1) is 0 Å². The third kappa shape index (κ3) is 2.55. The minimum atomic E-state index is -0.447. The first-order valence-electron chi connectivity index (χ1n) is 5.84. The first-order valence-corrected chi connectivity index (χ1v) is 5.84. The van der Waals surface area contributed by atoms with Gasteiger partial charge in [-0.05, 0) is 25.7 Å². The van der Waals surface area contributed by atoms with Gasteiger partial charge in [0.05, 0.1) is 0 Å². The lowest BCUT2D eigenvalue weighted by atomic mass is 9.83. The molecule has 2 unspecified atom stereocenters. The quantitative estimate of drug-likeness (QED) is 0.529. The van der Waals surface area contributed by atoms with Crippen molar-refractivity contribution in [1.29, 1.82) is 0 Å². The van der Waals surface area contributed by atoms with E-state index in [4.69, 9.17) is 0 Å². The second-order valence-electron chi connectivity index (χ2n) is 4.83. The number of hydrogen-bond donors (Lipinski definition) is 0. The molecular weight excluding hydrogens is 194 g/mol. The Hall–Kier alpha value is -0.930. The Morgan fingerprint density at radius 3 is 2.60 bits per heavy atom. The van der Waals surface area contributed by atoms with E-state index in [1.54, 1.807) is 0 Å². The molecule has 4 nitrogen and oxygen atoms in total. The van der Waals surface area contributed by atoms with Gasteiger partial charge in [0.15, 0.2) is 0 Å². The molecule has 0 saturated heterocycles. The highest BCUT2D eigenvalue weighted by Gasteiger charge is 2.42. The average Bonchev–Trinajstić information content (AvgIpc) is 2.99. The largest absolute Gasteiger partial charge is 0.299 e. The first kappa shape index (κ1) is 10.6. The van der Waals surface area contributed by atoms with Crippen LogP contribution >= 0.6 is 0 Å². The molecular formula is C11H17NO3. The molecule has 15 heavy (non-hydrogen) atoms. The summed E-state index contributed by atoms with van der Waals surface area (Å²) in [7, 11) is 0. The van der Waals surface area contributed by atoms with Crippen LogP contribution in [0.1, 0.15) is 44.9 Å².